The number of hydrogen-bond acceptors (Lipinski definition) is 6. The summed E-state index contributed by atoms with van der Waals surface area (Å²) in [5.74, 6) is 1.02. The number of phenols is 1. The molecule has 3 aromatic carbocycles. The normalized spacial score (nSPS) is 15.8. The quantitative estimate of drug-likeness (QED) is 0.403. The summed E-state index contributed by atoms with van der Waals surface area (Å²) in [4.78, 5) is 19.5. The number of hydrogen-bond donors (Lipinski definition) is 2. The number of ether oxygens (including phenoxy) is 1. The van der Waals surface area contributed by atoms with Gasteiger partial charge in [-0.1, -0.05) is 59.3 Å². The maximum atomic E-state index is 13.3. The predicted molar refractivity (Wildman–Crippen MR) is 132 cm³/mol. The molecule has 8 heteroatoms. The molecule has 8 nitrogen and oxygen atoms in total. The Morgan fingerprint density at radius 3 is 2.46 bits per heavy atom. The lowest BCUT2D eigenvalue weighted by Crippen LogP contribution is -2.46. The minimum Gasteiger partial charge on any atom is -0.504 e. The minimum absolute atomic E-state index is 0.0345. The zero-order valence-corrected chi connectivity index (χ0v) is 19.5. The molecule has 1 aliphatic heterocycles. The molecule has 0 spiro atoms. The number of aromatic hydroxyl groups is 1. The van der Waals surface area contributed by atoms with E-state index in [0.717, 1.165) is 11.1 Å². The molecule has 2 heterocycles. The molecule has 0 aliphatic carbocycles. The predicted octanol–water partition coefficient (Wildman–Crippen LogP) is 5.46. The SMILES string of the molecule is COc1ccc(C2NC(=O)N(c3ccc(C)cc3)C(C)=C2c2nc(-c3ccccc3)no2)cc1O. The fourth-order valence-corrected chi connectivity index (χ4v) is 4.20. The Morgan fingerprint density at radius 1 is 1.03 bits per heavy atom. The number of nitrogens with one attached hydrogen (secondary N) is 1. The second-order valence-corrected chi connectivity index (χ2v) is 8.27. The number of carbonyl (C=O) groups excluding carboxylic acids is 1. The van der Waals surface area contributed by atoms with Crippen LogP contribution in [-0.4, -0.2) is 28.4 Å². The van der Waals surface area contributed by atoms with Crippen molar-refractivity contribution < 1.29 is 19.2 Å². The van der Waals surface area contributed by atoms with Gasteiger partial charge in [0.15, 0.2) is 11.5 Å². The van der Waals surface area contributed by atoms with Crippen molar-refractivity contribution in [1.29, 1.82) is 0 Å². The fourth-order valence-electron chi connectivity index (χ4n) is 4.20. The van der Waals surface area contributed by atoms with Gasteiger partial charge in [0, 0.05) is 11.3 Å². The van der Waals surface area contributed by atoms with Gasteiger partial charge in [0.1, 0.15) is 0 Å². The molecule has 1 aliphatic rings. The Hall–Kier alpha value is -4.59. The summed E-state index contributed by atoms with van der Waals surface area (Å²) in [5, 5.41) is 17.6. The van der Waals surface area contributed by atoms with Crippen LogP contribution < -0.4 is 15.0 Å². The third-order valence-corrected chi connectivity index (χ3v) is 6.00. The summed E-state index contributed by atoms with van der Waals surface area (Å²) in [6.45, 7) is 3.83. The van der Waals surface area contributed by atoms with Crippen LogP contribution in [0.2, 0.25) is 0 Å². The van der Waals surface area contributed by atoms with Crippen molar-refractivity contribution in [2.24, 2.45) is 0 Å². The number of amides is 2. The van der Waals surface area contributed by atoms with E-state index in [0.29, 0.717) is 34.1 Å². The summed E-state index contributed by atoms with van der Waals surface area (Å²) < 4.78 is 10.9. The van der Waals surface area contributed by atoms with E-state index in [-0.39, 0.29) is 17.7 Å². The average molecular weight is 469 g/mol. The van der Waals surface area contributed by atoms with Crippen molar-refractivity contribution in [2.75, 3.05) is 12.0 Å². The van der Waals surface area contributed by atoms with Crippen molar-refractivity contribution in [3.63, 3.8) is 0 Å². The van der Waals surface area contributed by atoms with Crippen molar-refractivity contribution in [1.82, 2.24) is 15.5 Å². The maximum Gasteiger partial charge on any atom is 0.326 e. The van der Waals surface area contributed by atoms with Crippen molar-refractivity contribution in [3.05, 3.63) is 95.5 Å². The lowest BCUT2D eigenvalue weighted by molar-refractivity contribution is 0.244. The zero-order chi connectivity index (χ0) is 24.5. The molecule has 2 N–H and O–H groups in total. The number of aromatic nitrogens is 2. The van der Waals surface area contributed by atoms with Gasteiger partial charge >= 0.3 is 6.03 Å². The Balaban J connectivity index is 1.66. The van der Waals surface area contributed by atoms with E-state index in [2.05, 4.69) is 15.5 Å². The highest BCUT2D eigenvalue weighted by Crippen LogP contribution is 2.41. The average Bonchev–Trinajstić information content (AvgIpc) is 3.35. The second kappa shape index (κ2) is 8.98. The number of aryl methyl sites for hydroxylation is 1. The van der Waals surface area contributed by atoms with Gasteiger partial charge in [0.25, 0.3) is 5.89 Å². The van der Waals surface area contributed by atoms with E-state index < -0.39 is 6.04 Å². The highest BCUT2D eigenvalue weighted by atomic mass is 16.5. The lowest BCUT2D eigenvalue weighted by atomic mass is 9.94. The Labute approximate surface area is 202 Å². The second-order valence-electron chi connectivity index (χ2n) is 8.27. The molecular formula is C27H24N4O4. The molecule has 4 aromatic rings. The number of allylic oxidation sites excluding steroid dienone is 1. The van der Waals surface area contributed by atoms with Gasteiger partial charge < -0.3 is 19.7 Å². The third kappa shape index (κ3) is 4.10. The number of benzene rings is 3. The first-order chi connectivity index (χ1) is 17.0. The molecule has 0 radical (unpaired) electrons. The van der Waals surface area contributed by atoms with Gasteiger partial charge in [0.2, 0.25) is 5.82 Å². The maximum absolute atomic E-state index is 13.3. The van der Waals surface area contributed by atoms with Crippen LogP contribution in [0.4, 0.5) is 10.5 Å². The molecule has 176 valence electrons. The molecule has 2 amide bonds. The van der Waals surface area contributed by atoms with Crippen LogP contribution in [0.5, 0.6) is 11.5 Å². The van der Waals surface area contributed by atoms with Crippen LogP contribution in [0.15, 0.2) is 83.0 Å². The van der Waals surface area contributed by atoms with Crippen LogP contribution >= 0.6 is 0 Å². The molecule has 1 unspecified atom stereocenters. The molecule has 0 fully saturated rings. The fraction of sp³-hybridized carbons (Fsp3) is 0.148. The largest absolute Gasteiger partial charge is 0.504 e. The van der Waals surface area contributed by atoms with E-state index in [9.17, 15) is 9.90 Å². The number of methoxy groups -OCH3 is 1. The molecule has 1 atom stereocenters. The van der Waals surface area contributed by atoms with Gasteiger partial charge in [-0.3, -0.25) is 4.90 Å². The van der Waals surface area contributed by atoms with E-state index in [4.69, 9.17) is 9.26 Å². The first kappa shape index (κ1) is 22.2. The third-order valence-electron chi connectivity index (χ3n) is 6.00. The van der Waals surface area contributed by atoms with E-state index in [1.807, 2.05) is 68.4 Å². The number of urea groups is 1. The highest BCUT2D eigenvalue weighted by molar-refractivity contribution is 6.01. The molecule has 1 aromatic heterocycles. The highest BCUT2D eigenvalue weighted by Gasteiger charge is 2.36. The standard InChI is InChI=1S/C27H24N4O4/c1-16-9-12-20(13-10-16)31-17(2)23(26-29-25(30-35-26)18-7-5-4-6-8-18)24(28-27(31)33)19-11-14-22(34-3)21(32)15-19/h4-15,24,32H,1-3H3,(H,28,33). The molecule has 0 bridgehead atoms. The number of rotatable bonds is 5. The van der Waals surface area contributed by atoms with Gasteiger partial charge in [-0.25, -0.2) is 4.79 Å². The van der Waals surface area contributed by atoms with Crippen molar-refractivity contribution in [3.8, 4) is 22.9 Å². The van der Waals surface area contributed by atoms with Gasteiger partial charge in [-0.05, 0) is 43.7 Å². The Kier molecular flexibility index (Phi) is 5.70. The number of nitrogens with zero attached hydrogens (tertiary/aromatic N) is 3. The minimum atomic E-state index is -0.634. The summed E-state index contributed by atoms with van der Waals surface area (Å²) in [6.07, 6.45) is 0. The molecular weight excluding hydrogens is 444 g/mol. The van der Waals surface area contributed by atoms with Crippen LogP contribution in [0.3, 0.4) is 0 Å². The lowest BCUT2D eigenvalue weighted by Gasteiger charge is -2.35. The van der Waals surface area contributed by atoms with E-state index >= 15 is 0 Å². The van der Waals surface area contributed by atoms with Crippen molar-refractivity contribution >= 4 is 17.3 Å². The Bertz CT molecular complexity index is 1410. The van der Waals surface area contributed by atoms with E-state index in [1.54, 1.807) is 23.1 Å². The van der Waals surface area contributed by atoms with Crippen LogP contribution in [0, 0.1) is 6.92 Å². The molecule has 5 rings (SSSR count). The summed E-state index contributed by atoms with van der Waals surface area (Å²) in [5.41, 5.74) is 4.53. The number of anilines is 1. The molecule has 0 saturated carbocycles. The van der Waals surface area contributed by atoms with Gasteiger partial charge in [-0.15, -0.1) is 0 Å². The summed E-state index contributed by atoms with van der Waals surface area (Å²) in [6, 6.07) is 21.2. The first-order valence-electron chi connectivity index (χ1n) is 11.1. The summed E-state index contributed by atoms with van der Waals surface area (Å²) >= 11 is 0. The summed E-state index contributed by atoms with van der Waals surface area (Å²) in [7, 11) is 1.48. The first-order valence-corrected chi connectivity index (χ1v) is 11.1. The zero-order valence-electron chi connectivity index (χ0n) is 19.5. The Morgan fingerprint density at radius 2 is 1.77 bits per heavy atom. The number of carbonyl (C=O) groups is 1. The van der Waals surface area contributed by atoms with Crippen LogP contribution in [0.1, 0.15) is 30.0 Å². The molecule has 35 heavy (non-hydrogen) atoms. The monoisotopic (exact) mass is 468 g/mol. The van der Waals surface area contributed by atoms with Gasteiger partial charge in [0.05, 0.1) is 24.4 Å². The number of phenolic OH excluding ortho intramolecular Hbond substituents is 1. The topological polar surface area (TPSA) is 101 Å². The van der Waals surface area contributed by atoms with Crippen LogP contribution in [-0.2, 0) is 0 Å². The molecule has 0 saturated heterocycles. The smallest absolute Gasteiger partial charge is 0.326 e. The van der Waals surface area contributed by atoms with Gasteiger partial charge in [-0.2, -0.15) is 4.98 Å². The van der Waals surface area contributed by atoms with Crippen LogP contribution in [0.25, 0.3) is 17.0 Å². The van der Waals surface area contributed by atoms with E-state index in [1.165, 1.54) is 7.11 Å². The van der Waals surface area contributed by atoms with Crippen molar-refractivity contribution in [2.45, 2.75) is 19.9 Å².